The molecule has 1 fully saturated rings. The minimum atomic E-state index is -1.27. The lowest BCUT2D eigenvalue weighted by molar-refractivity contribution is -0.142. The highest BCUT2D eigenvalue weighted by Crippen LogP contribution is 2.09. The molecule has 5 unspecified atom stereocenters. The highest BCUT2D eigenvalue weighted by atomic mass is 32.2. The molecule has 1 aromatic rings. The minimum absolute atomic E-state index is 0.109. The lowest BCUT2D eigenvalue weighted by Crippen LogP contribution is -2.60. The van der Waals surface area contributed by atoms with Crippen LogP contribution in [0.5, 0.6) is 0 Å². The van der Waals surface area contributed by atoms with Crippen molar-refractivity contribution in [2.24, 2.45) is 0 Å². The number of carboxylic acid groups (broad SMARTS) is 1. The van der Waals surface area contributed by atoms with Gasteiger partial charge < -0.3 is 31.5 Å². The Morgan fingerprint density at radius 1 is 1.09 bits per heavy atom. The second-order valence-electron chi connectivity index (χ2n) is 8.31. The second-order valence-corrected chi connectivity index (χ2v) is 9.29. The van der Waals surface area contributed by atoms with E-state index in [1.54, 1.807) is 24.3 Å². The standard InChI is InChI=1S/C23H34N4O6S/c1-14(28)19(27-20(29)16-9-6-11-24-16)22(31)26-18(13-15-7-4-3-5-8-15)21(30)25-17(23(32)33)10-12-34-2/h3-5,7-8,14,16-19,24,28H,6,9-13H2,1-2H3,(H,25,30)(H,26,31)(H,27,29)(H,32,33). The summed E-state index contributed by atoms with van der Waals surface area (Å²) in [5.41, 5.74) is 0.756. The number of thioether (sulfide) groups is 1. The molecule has 188 valence electrons. The lowest BCUT2D eigenvalue weighted by Gasteiger charge is -2.26. The summed E-state index contributed by atoms with van der Waals surface area (Å²) < 4.78 is 0. The fourth-order valence-electron chi connectivity index (χ4n) is 3.65. The number of carbonyl (C=O) groups excluding carboxylic acids is 3. The first-order valence-electron chi connectivity index (χ1n) is 11.3. The van der Waals surface area contributed by atoms with Gasteiger partial charge in [-0.25, -0.2) is 4.79 Å². The topological polar surface area (TPSA) is 157 Å². The first-order chi connectivity index (χ1) is 16.2. The van der Waals surface area contributed by atoms with E-state index in [0.29, 0.717) is 18.7 Å². The average Bonchev–Trinajstić information content (AvgIpc) is 3.34. The summed E-state index contributed by atoms with van der Waals surface area (Å²) >= 11 is 1.46. The summed E-state index contributed by atoms with van der Waals surface area (Å²) in [5, 5.41) is 30.3. The maximum Gasteiger partial charge on any atom is 0.326 e. The number of benzene rings is 1. The van der Waals surface area contributed by atoms with Crippen molar-refractivity contribution in [2.75, 3.05) is 18.6 Å². The molecule has 3 amide bonds. The second kappa shape index (κ2) is 13.9. The van der Waals surface area contributed by atoms with Crippen LogP contribution in [0.15, 0.2) is 30.3 Å². The molecule has 0 aliphatic carbocycles. The molecule has 1 aliphatic rings. The Kier molecular flexibility index (Phi) is 11.3. The number of aliphatic hydroxyl groups excluding tert-OH is 1. The van der Waals surface area contributed by atoms with Crippen LogP contribution >= 0.6 is 11.8 Å². The first kappa shape index (κ1) is 27.6. The molecule has 0 bridgehead atoms. The van der Waals surface area contributed by atoms with Crippen molar-refractivity contribution in [3.63, 3.8) is 0 Å². The number of hydrogen-bond acceptors (Lipinski definition) is 7. The van der Waals surface area contributed by atoms with Gasteiger partial charge in [-0.05, 0) is 50.3 Å². The highest BCUT2D eigenvalue weighted by Gasteiger charge is 2.33. The zero-order valence-corrected chi connectivity index (χ0v) is 20.3. The molecule has 11 heteroatoms. The molecule has 0 saturated carbocycles. The maximum absolute atomic E-state index is 13.0. The monoisotopic (exact) mass is 494 g/mol. The fraction of sp³-hybridized carbons (Fsp3) is 0.565. The number of hydrogen-bond donors (Lipinski definition) is 6. The normalized spacial score (nSPS) is 18.9. The Bertz CT molecular complexity index is 832. The molecule has 0 aromatic heterocycles. The largest absolute Gasteiger partial charge is 0.480 e. The van der Waals surface area contributed by atoms with E-state index in [4.69, 9.17) is 0 Å². The molecule has 34 heavy (non-hydrogen) atoms. The van der Waals surface area contributed by atoms with Crippen LogP contribution in [0.1, 0.15) is 31.7 Å². The van der Waals surface area contributed by atoms with Crippen molar-refractivity contribution in [1.29, 1.82) is 0 Å². The molecule has 1 heterocycles. The Hall–Kier alpha value is -2.63. The summed E-state index contributed by atoms with van der Waals surface area (Å²) in [7, 11) is 0. The third-order valence-electron chi connectivity index (χ3n) is 5.58. The van der Waals surface area contributed by atoms with Crippen LogP contribution < -0.4 is 21.3 Å². The molecule has 0 spiro atoms. The Balaban J connectivity index is 2.16. The number of carboxylic acids is 1. The molecule has 1 saturated heterocycles. The van der Waals surface area contributed by atoms with Crippen molar-refractivity contribution in [2.45, 2.75) is 62.9 Å². The minimum Gasteiger partial charge on any atom is -0.480 e. The third kappa shape index (κ3) is 8.62. The van der Waals surface area contributed by atoms with E-state index in [9.17, 15) is 29.4 Å². The van der Waals surface area contributed by atoms with Gasteiger partial charge in [0.15, 0.2) is 0 Å². The van der Waals surface area contributed by atoms with Crippen LogP contribution in [0, 0.1) is 0 Å². The van der Waals surface area contributed by atoms with Gasteiger partial charge in [-0.1, -0.05) is 30.3 Å². The van der Waals surface area contributed by atoms with Gasteiger partial charge in [0.2, 0.25) is 17.7 Å². The van der Waals surface area contributed by atoms with Gasteiger partial charge in [-0.15, -0.1) is 0 Å². The molecular weight excluding hydrogens is 460 g/mol. The van der Waals surface area contributed by atoms with Gasteiger partial charge in [0, 0.05) is 6.42 Å². The van der Waals surface area contributed by atoms with E-state index in [1.807, 2.05) is 12.3 Å². The van der Waals surface area contributed by atoms with Crippen LogP contribution in [0.25, 0.3) is 0 Å². The summed E-state index contributed by atoms with van der Waals surface area (Å²) in [4.78, 5) is 50.1. The van der Waals surface area contributed by atoms with Gasteiger partial charge in [0.1, 0.15) is 18.1 Å². The Labute approximate surface area is 203 Å². The van der Waals surface area contributed by atoms with Crippen LogP contribution in [-0.2, 0) is 25.6 Å². The van der Waals surface area contributed by atoms with Crippen molar-refractivity contribution < 1.29 is 29.4 Å². The number of amides is 3. The zero-order valence-electron chi connectivity index (χ0n) is 19.5. The molecule has 1 aliphatic heterocycles. The molecular formula is C23H34N4O6S. The summed E-state index contributed by atoms with van der Waals surface area (Å²) in [6, 6.07) is 5.05. The van der Waals surface area contributed by atoms with E-state index in [2.05, 4.69) is 21.3 Å². The van der Waals surface area contributed by atoms with Gasteiger partial charge >= 0.3 is 5.97 Å². The summed E-state index contributed by atoms with van der Waals surface area (Å²) in [6.45, 7) is 2.08. The number of aliphatic carboxylic acids is 1. The van der Waals surface area contributed by atoms with Crippen LogP contribution in [0.3, 0.4) is 0 Å². The van der Waals surface area contributed by atoms with Gasteiger partial charge in [0.25, 0.3) is 0 Å². The van der Waals surface area contributed by atoms with E-state index in [1.165, 1.54) is 18.7 Å². The van der Waals surface area contributed by atoms with Crippen LogP contribution in [0.4, 0.5) is 0 Å². The SMILES string of the molecule is CSCCC(NC(=O)C(Cc1ccccc1)NC(=O)C(NC(=O)C1CCCN1)C(C)O)C(=O)O. The maximum atomic E-state index is 13.0. The molecule has 10 nitrogen and oxygen atoms in total. The molecule has 5 atom stereocenters. The predicted octanol–water partition coefficient (Wildman–Crippen LogP) is -0.346. The summed E-state index contributed by atoms with van der Waals surface area (Å²) in [6.07, 6.45) is 2.44. The molecule has 1 aromatic carbocycles. The zero-order chi connectivity index (χ0) is 25.1. The average molecular weight is 495 g/mol. The number of nitrogens with one attached hydrogen (secondary N) is 4. The quantitative estimate of drug-likeness (QED) is 0.217. The number of carbonyl (C=O) groups is 4. The van der Waals surface area contributed by atoms with Crippen molar-refractivity contribution in [3.8, 4) is 0 Å². The molecule has 2 rings (SSSR count). The van der Waals surface area contributed by atoms with E-state index in [0.717, 1.165) is 12.0 Å². The third-order valence-corrected chi connectivity index (χ3v) is 6.22. The fourth-order valence-corrected chi connectivity index (χ4v) is 4.12. The van der Waals surface area contributed by atoms with Crippen LogP contribution in [0.2, 0.25) is 0 Å². The van der Waals surface area contributed by atoms with Crippen molar-refractivity contribution >= 4 is 35.5 Å². The van der Waals surface area contributed by atoms with E-state index < -0.39 is 54.0 Å². The van der Waals surface area contributed by atoms with Gasteiger partial charge in [0.05, 0.1) is 12.1 Å². The Morgan fingerprint density at radius 3 is 2.32 bits per heavy atom. The number of aliphatic hydroxyl groups is 1. The molecule has 0 radical (unpaired) electrons. The predicted molar refractivity (Wildman–Crippen MR) is 129 cm³/mol. The smallest absolute Gasteiger partial charge is 0.326 e. The van der Waals surface area contributed by atoms with Gasteiger partial charge in [-0.3, -0.25) is 14.4 Å². The Morgan fingerprint density at radius 2 is 1.76 bits per heavy atom. The lowest BCUT2D eigenvalue weighted by atomic mass is 10.0. The van der Waals surface area contributed by atoms with Crippen molar-refractivity contribution in [3.05, 3.63) is 35.9 Å². The van der Waals surface area contributed by atoms with Gasteiger partial charge in [-0.2, -0.15) is 11.8 Å². The van der Waals surface area contributed by atoms with Crippen LogP contribution in [-0.4, -0.2) is 82.7 Å². The van der Waals surface area contributed by atoms with E-state index in [-0.39, 0.29) is 12.8 Å². The summed E-state index contributed by atoms with van der Waals surface area (Å²) in [5.74, 6) is -2.40. The van der Waals surface area contributed by atoms with Crippen molar-refractivity contribution in [1.82, 2.24) is 21.3 Å². The number of rotatable bonds is 13. The first-order valence-corrected chi connectivity index (χ1v) is 12.7. The highest BCUT2D eigenvalue weighted by molar-refractivity contribution is 7.98. The molecule has 6 N–H and O–H groups in total. The van der Waals surface area contributed by atoms with E-state index >= 15 is 0 Å².